The number of pyridine rings is 1. The third kappa shape index (κ3) is 4.32. The highest BCUT2D eigenvalue weighted by atomic mass is 35.5. The van der Waals surface area contributed by atoms with Gasteiger partial charge in [0.25, 0.3) is 5.91 Å². The second-order valence-corrected chi connectivity index (χ2v) is 4.73. The summed E-state index contributed by atoms with van der Waals surface area (Å²) in [7, 11) is 3.95. The van der Waals surface area contributed by atoms with Gasteiger partial charge in [0.05, 0.1) is 0 Å². The van der Waals surface area contributed by atoms with Gasteiger partial charge in [-0.2, -0.15) is 0 Å². The number of aromatic nitrogens is 1. The highest BCUT2D eigenvalue weighted by molar-refractivity contribution is 6.29. The van der Waals surface area contributed by atoms with Gasteiger partial charge in [-0.3, -0.25) is 4.79 Å². The first kappa shape index (κ1) is 13.9. The van der Waals surface area contributed by atoms with Crippen molar-refractivity contribution in [3.8, 4) is 0 Å². The van der Waals surface area contributed by atoms with E-state index in [2.05, 4.69) is 10.3 Å². The SMILES string of the molecule is Cc1cc(C(=O)NCC(C)N(C)C)cc(Cl)n1. The minimum absolute atomic E-state index is 0.119. The number of rotatable bonds is 4. The Balaban J connectivity index is 2.64. The molecule has 1 heterocycles. The van der Waals surface area contributed by atoms with E-state index in [0.29, 0.717) is 17.3 Å². The number of hydrogen-bond acceptors (Lipinski definition) is 3. The van der Waals surface area contributed by atoms with Crippen molar-refractivity contribution >= 4 is 17.5 Å². The molecule has 0 aliphatic heterocycles. The van der Waals surface area contributed by atoms with Crippen LogP contribution in [0.1, 0.15) is 23.0 Å². The van der Waals surface area contributed by atoms with Gasteiger partial charge in [-0.1, -0.05) is 11.6 Å². The number of likely N-dealkylation sites (N-methyl/N-ethyl adjacent to an activating group) is 1. The van der Waals surface area contributed by atoms with Crippen LogP contribution in [0.5, 0.6) is 0 Å². The second kappa shape index (κ2) is 5.98. The van der Waals surface area contributed by atoms with Crippen LogP contribution in [0.3, 0.4) is 0 Å². The fraction of sp³-hybridized carbons (Fsp3) is 0.500. The zero-order valence-electron chi connectivity index (χ0n) is 10.6. The lowest BCUT2D eigenvalue weighted by atomic mass is 10.2. The Bertz CT molecular complexity index is 386. The smallest absolute Gasteiger partial charge is 0.251 e. The number of carbonyl (C=O) groups excluding carboxylic acids is 1. The predicted octanol–water partition coefficient (Wildman–Crippen LogP) is 1.72. The summed E-state index contributed by atoms with van der Waals surface area (Å²) in [6.07, 6.45) is 0. The van der Waals surface area contributed by atoms with Crippen LogP contribution in [0.25, 0.3) is 0 Å². The van der Waals surface area contributed by atoms with E-state index in [9.17, 15) is 4.79 Å². The Morgan fingerprint density at radius 2 is 2.18 bits per heavy atom. The lowest BCUT2D eigenvalue weighted by Gasteiger charge is -2.20. The maximum atomic E-state index is 11.9. The van der Waals surface area contributed by atoms with Gasteiger partial charge in [-0.05, 0) is 40.1 Å². The highest BCUT2D eigenvalue weighted by Crippen LogP contribution is 2.10. The number of hydrogen-bond donors (Lipinski definition) is 1. The fourth-order valence-electron chi connectivity index (χ4n) is 1.28. The molecule has 0 spiro atoms. The Kier molecular flexibility index (Phi) is 4.90. The Morgan fingerprint density at radius 3 is 2.71 bits per heavy atom. The quantitative estimate of drug-likeness (QED) is 0.834. The van der Waals surface area contributed by atoms with E-state index < -0.39 is 0 Å². The molecule has 0 radical (unpaired) electrons. The average Bonchev–Trinajstić information content (AvgIpc) is 2.23. The summed E-state index contributed by atoms with van der Waals surface area (Å²) in [5.41, 5.74) is 1.29. The second-order valence-electron chi connectivity index (χ2n) is 4.34. The van der Waals surface area contributed by atoms with Gasteiger partial charge < -0.3 is 10.2 Å². The third-order valence-electron chi connectivity index (χ3n) is 2.62. The van der Waals surface area contributed by atoms with Crippen LogP contribution >= 0.6 is 11.6 Å². The third-order valence-corrected chi connectivity index (χ3v) is 2.82. The first-order chi connectivity index (χ1) is 7.90. The first-order valence-corrected chi connectivity index (χ1v) is 5.86. The van der Waals surface area contributed by atoms with E-state index >= 15 is 0 Å². The van der Waals surface area contributed by atoms with Crippen molar-refractivity contribution in [2.45, 2.75) is 19.9 Å². The highest BCUT2D eigenvalue weighted by Gasteiger charge is 2.10. The molecule has 1 atom stereocenters. The summed E-state index contributed by atoms with van der Waals surface area (Å²) in [5.74, 6) is -0.119. The number of aryl methyl sites for hydroxylation is 1. The molecule has 0 aliphatic carbocycles. The molecule has 1 amide bonds. The van der Waals surface area contributed by atoms with E-state index in [1.807, 2.05) is 32.8 Å². The molecule has 0 saturated carbocycles. The topological polar surface area (TPSA) is 45.2 Å². The van der Waals surface area contributed by atoms with Gasteiger partial charge in [0, 0.05) is 23.8 Å². The van der Waals surface area contributed by atoms with E-state index in [1.54, 1.807) is 12.1 Å². The molecule has 4 nitrogen and oxygen atoms in total. The maximum absolute atomic E-state index is 11.9. The molecule has 1 aromatic rings. The molecular weight excluding hydrogens is 238 g/mol. The van der Waals surface area contributed by atoms with Gasteiger partial charge in [-0.25, -0.2) is 4.98 Å². The van der Waals surface area contributed by atoms with Crippen LogP contribution in [0.15, 0.2) is 12.1 Å². The Labute approximate surface area is 107 Å². The zero-order valence-corrected chi connectivity index (χ0v) is 11.4. The summed E-state index contributed by atoms with van der Waals surface area (Å²) in [4.78, 5) is 17.9. The summed E-state index contributed by atoms with van der Waals surface area (Å²) in [6, 6.07) is 3.59. The predicted molar refractivity (Wildman–Crippen MR) is 69.5 cm³/mol. The minimum Gasteiger partial charge on any atom is -0.350 e. The van der Waals surface area contributed by atoms with Crippen LogP contribution in [-0.4, -0.2) is 42.5 Å². The normalized spacial score (nSPS) is 12.6. The van der Waals surface area contributed by atoms with Crippen molar-refractivity contribution in [3.05, 3.63) is 28.5 Å². The molecule has 5 heteroatoms. The molecule has 1 aromatic heterocycles. The molecule has 17 heavy (non-hydrogen) atoms. The molecule has 1 unspecified atom stereocenters. The van der Waals surface area contributed by atoms with Crippen molar-refractivity contribution in [1.29, 1.82) is 0 Å². The number of nitrogens with zero attached hydrogens (tertiary/aromatic N) is 2. The standard InChI is InChI=1S/C12H18ClN3O/c1-8-5-10(6-11(13)15-8)12(17)14-7-9(2)16(3)4/h5-6,9H,7H2,1-4H3,(H,14,17). The average molecular weight is 256 g/mol. The van der Waals surface area contributed by atoms with E-state index in [4.69, 9.17) is 11.6 Å². The van der Waals surface area contributed by atoms with E-state index in [-0.39, 0.29) is 11.9 Å². The number of halogens is 1. The fourth-order valence-corrected chi connectivity index (χ4v) is 1.54. The van der Waals surface area contributed by atoms with E-state index in [0.717, 1.165) is 5.69 Å². The van der Waals surface area contributed by atoms with Crippen molar-refractivity contribution in [2.24, 2.45) is 0 Å². The van der Waals surface area contributed by atoms with Crippen molar-refractivity contribution < 1.29 is 4.79 Å². The summed E-state index contributed by atoms with van der Waals surface area (Å²) < 4.78 is 0. The van der Waals surface area contributed by atoms with Gasteiger partial charge >= 0.3 is 0 Å². The summed E-state index contributed by atoms with van der Waals surface area (Å²) in [5, 5.41) is 3.21. The molecule has 0 aliphatic rings. The molecule has 0 fully saturated rings. The molecule has 1 N–H and O–H groups in total. The molecule has 0 aromatic carbocycles. The molecule has 0 saturated heterocycles. The van der Waals surface area contributed by atoms with Gasteiger partial charge in [0.2, 0.25) is 0 Å². The number of carbonyl (C=O) groups is 1. The Morgan fingerprint density at radius 1 is 1.53 bits per heavy atom. The van der Waals surface area contributed by atoms with Crippen LogP contribution < -0.4 is 5.32 Å². The van der Waals surface area contributed by atoms with Crippen molar-refractivity contribution in [1.82, 2.24) is 15.2 Å². The van der Waals surface area contributed by atoms with Crippen LogP contribution in [0.2, 0.25) is 5.15 Å². The molecule has 0 bridgehead atoms. The first-order valence-electron chi connectivity index (χ1n) is 5.49. The maximum Gasteiger partial charge on any atom is 0.251 e. The Hall–Kier alpha value is -1.13. The lowest BCUT2D eigenvalue weighted by molar-refractivity contribution is 0.0943. The van der Waals surface area contributed by atoms with Gasteiger partial charge in [0.15, 0.2) is 0 Å². The summed E-state index contributed by atoms with van der Waals surface area (Å²) >= 11 is 5.81. The van der Waals surface area contributed by atoms with Crippen LogP contribution in [-0.2, 0) is 0 Å². The zero-order chi connectivity index (χ0) is 13.0. The molecule has 1 rings (SSSR count). The van der Waals surface area contributed by atoms with Crippen LogP contribution in [0.4, 0.5) is 0 Å². The van der Waals surface area contributed by atoms with Crippen molar-refractivity contribution in [2.75, 3.05) is 20.6 Å². The van der Waals surface area contributed by atoms with E-state index in [1.165, 1.54) is 0 Å². The largest absolute Gasteiger partial charge is 0.350 e. The van der Waals surface area contributed by atoms with Crippen LogP contribution in [0, 0.1) is 6.92 Å². The van der Waals surface area contributed by atoms with Gasteiger partial charge in [-0.15, -0.1) is 0 Å². The molecular formula is C12H18ClN3O. The lowest BCUT2D eigenvalue weighted by Crippen LogP contribution is -2.38. The van der Waals surface area contributed by atoms with Gasteiger partial charge in [0.1, 0.15) is 5.15 Å². The monoisotopic (exact) mass is 255 g/mol. The minimum atomic E-state index is -0.119. The summed E-state index contributed by atoms with van der Waals surface area (Å²) in [6.45, 7) is 4.46. The number of amides is 1. The van der Waals surface area contributed by atoms with Crippen molar-refractivity contribution in [3.63, 3.8) is 0 Å². The molecule has 94 valence electrons. The number of nitrogens with one attached hydrogen (secondary N) is 1.